The highest BCUT2D eigenvalue weighted by Gasteiger charge is 2.46. The molecule has 3 unspecified atom stereocenters. The fourth-order valence-electron chi connectivity index (χ4n) is 4.76. The first-order valence-corrected chi connectivity index (χ1v) is 8.27. The van der Waals surface area contributed by atoms with Gasteiger partial charge in [0.2, 0.25) is 0 Å². The Hall–Kier alpha value is -0.120. The number of nitrogens with two attached hydrogens (primary N) is 1. The monoisotopic (exact) mass is 267 g/mol. The predicted octanol–water partition coefficient (Wildman–Crippen LogP) is 2.91. The first-order valence-electron chi connectivity index (χ1n) is 8.27. The summed E-state index contributed by atoms with van der Waals surface area (Å²) in [5.41, 5.74) is 3.54. The highest BCUT2D eigenvalue weighted by molar-refractivity contribution is 5.04. The lowest BCUT2D eigenvalue weighted by atomic mass is 9.70. The molecular formula is C16H33N3. The Morgan fingerprint density at radius 1 is 1.21 bits per heavy atom. The van der Waals surface area contributed by atoms with Crippen molar-refractivity contribution in [2.45, 2.75) is 76.3 Å². The summed E-state index contributed by atoms with van der Waals surface area (Å²) in [5, 5.41) is 0. The average Bonchev–Trinajstić information content (AvgIpc) is 2.90. The lowest BCUT2D eigenvalue weighted by molar-refractivity contribution is 0.0521. The third-order valence-corrected chi connectivity index (χ3v) is 5.99. The molecule has 0 aromatic rings. The summed E-state index contributed by atoms with van der Waals surface area (Å²) in [4.78, 5) is 2.46. The maximum Gasteiger partial charge on any atom is 0.0422 e. The van der Waals surface area contributed by atoms with Crippen molar-refractivity contribution in [2.24, 2.45) is 17.7 Å². The van der Waals surface area contributed by atoms with Gasteiger partial charge < -0.3 is 4.90 Å². The molecule has 0 amide bonds. The van der Waals surface area contributed by atoms with Gasteiger partial charge in [-0.05, 0) is 51.6 Å². The molecule has 3 N–H and O–H groups in total. The van der Waals surface area contributed by atoms with Crippen molar-refractivity contribution in [2.75, 3.05) is 14.1 Å². The molecule has 19 heavy (non-hydrogen) atoms. The maximum atomic E-state index is 6.02. The van der Waals surface area contributed by atoms with Crippen LogP contribution in [0.25, 0.3) is 0 Å². The van der Waals surface area contributed by atoms with Crippen LogP contribution in [-0.4, -0.2) is 30.6 Å². The largest absolute Gasteiger partial charge is 0.302 e. The summed E-state index contributed by atoms with van der Waals surface area (Å²) in [6.07, 6.45) is 12.2. The van der Waals surface area contributed by atoms with E-state index in [1.54, 1.807) is 0 Å². The predicted molar refractivity (Wildman–Crippen MR) is 81.7 cm³/mol. The van der Waals surface area contributed by atoms with Crippen LogP contribution in [0.4, 0.5) is 0 Å². The summed E-state index contributed by atoms with van der Waals surface area (Å²) in [5.74, 6) is 7.71. The summed E-state index contributed by atoms with van der Waals surface area (Å²) in [7, 11) is 4.49. The molecule has 0 spiro atoms. The molecule has 0 heterocycles. The number of hydrogen-bond acceptors (Lipinski definition) is 3. The van der Waals surface area contributed by atoms with Crippen LogP contribution in [0.3, 0.4) is 0 Å². The quantitative estimate of drug-likeness (QED) is 0.594. The number of nitrogens with one attached hydrogen (secondary N) is 1. The van der Waals surface area contributed by atoms with Gasteiger partial charge in [-0.1, -0.05) is 39.0 Å². The van der Waals surface area contributed by atoms with Crippen LogP contribution in [0.5, 0.6) is 0 Å². The van der Waals surface area contributed by atoms with Crippen molar-refractivity contribution in [3.8, 4) is 0 Å². The molecule has 2 fully saturated rings. The van der Waals surface area contributed by atoms with Gasteiger partial charge >= 0.3 is 0 Å². The zero-order chi connectivity index (χ0) is 13.9. The summed E-state index contributed by atoms with van der Waals surface area (Å²) < 4.78 is 0. The first-order chi connectivity index (χ1) is 9.14. The molecule has 2 rings (SSSR count). The van der Waals surface area contributed by atoms with Crippen LogP contribution in [0.2, 0.25) is 0 Å². The molecule has 2 saturated carbocycles. The average molecular weight is 267 g/mol. The van der Waals surface area contributed by atoms with E-state index in [0.717, 1.165) is 11.8 Å². The number of rotatable bonds is 5. The van der Waals surface area contributed by atoms with Crippen molar-refractivity contribution >= 4 is 0 Å². The van der Waals surface area contributed by atoms with Crippen molar-refractivity contribution in [1.82, 2.24) is 10.3 Å². The smallest absolute Gasteiger partial charge is 0.0422 e. The van der Waals surface area contributed by atoms with E-state index in [1.165, 1.54) is 57.8 Å². The normalized spacial score (nSPS) is 32.7. The number of hydrogen-bond donors (Lipinski definition) is 2. The van der Waals surface area contributed by atoms with Gasteiger partial charge in [-0.25, -0.2) is 0 Å². The van der Waals surface area contributed by atoms with E-state index in [2.05, 4.69) is 31.3 Å². The fraction of sp³-hybridized carbons (Fsp3) is 1.00. The van der Waals surface area contributed by atoms with Gasteiger partial charge in [-0.2, -0.15) is 0 Å². The molecule has 0 aromatic carbocycles. The minimum Gasteiger partial charge on any atom is -0.302 e. The third kappa shape index (κ3) is 2.98. The Morgan fingerprint density at radius 2 is 1.89 bits per heavy atom. The van der Waals surface area contributed by atoms with Gasteiger partial charge in [0, 0.05) is 11.6 Å². The Bertz CT molecular complexity index is 271. The van der Waals surface area contributed by atoms with E-state index < -0.39 is 0 Å². The van der Waals surface area contributed by atoms with Gasteiger partial charge in [0.15, 0.2) is 0 Å². The highest BCUT2D eigenvalue weighted by atomic mass is 15.3. The molecular weight excluding hydrogens is 234 g/mol. The fourth-order valence-corrected chi connectivity index (χ4v) is 4.76. The molecule has 0 radical (unpaired) electrons. The van der Waals surface area contributed by atoms with Crippen LogP contribution in [-0.2, 0) is 0 Å². The first kappa shape index (κ1) is 15.3. The van der Waals surface area contributed by atoms with Gasteiger partial charge in [0.1, 0.15) is 0 Å². The third-order valence-electron chi connectivity index (χ3n) is 5.99. The molecule has 2 aliphatic rings. The van der Waals surface area contributed by atoms with Crippen LogP contribution in [0.15, 0.2) is 0 Å². The Morgan fingerprint density at radius 3 is 2.42 bits per heavy atom. The van der Waals surface area contributed by atoms with E-state index in [9.17, 15) is 0 Å². The molecule has 0 bridgehead atoms. The minimum atomic E-state index is 0.301. The zero-order valence-corrected chi connectivity index (χ0v) is 13.1. The lowest BCUT2D eigenvalue weighted by Crippen LogP contribution is -2.62. The maximum absolute atomic E-state index is 6.02. The lowest BCUT2D eigenvalue weighted by Gasteiger charge is -2.48. The van der Waals surface area contributed by atoms with Crippen LogP contribution in [0, 0.1) is 11.8 Å². The number of likely N-dealkylation sites (N-methyl/N-ethyl adjacent to an activating group) is 1. The Labute approximate surface area is 119 Å². The van der Waals surface area contributed by atoms with Crippen molar-refractivity contribution in [3.05, 3.63) is 0 Å². The molecule has 3 nitrogen and oxygen atoms in total. The van der Waals surface area contributed by atoms with Crippen LogP contribution >= 0.6 is 0 Å². The van der Waals surface area contributed by atoms with Crippen molar-refractivity contribution < 1.29 is 0 Å². The van der Waals surface area contributed by atoms with Gasteiger partial charge in [0.05, 0.1) is 0 Å². The molecule has 3 atom stereocenters. The molecule has 0 aromatic heterocycles. The number of nitrogens with zero attached hydrogens (tertiary/aromatic N) is 1. The van der Waals surface area contributed by atoms with E-state index >= 15 is 0 Å². The Balaban J connectivity index is 2.13. The van der Waals surface area contributed by atoms with Crippen LogP contribution < -0.4 is 11.3 Å². The van der Waals surface area contributed by atoms with Gasteiger partial charge in [-0.3, -0.25) is 11.3 Å². The van der Waals surface area contributed by atoms with E-state index in [1.807, 2.05) is 0 Å². The second-order valence-corrected chi connectivity index (χ2v) is 7.05. The second-order valence-electron chi connectivity index (χ2n) is 7.05. The molecule has 2 aliphatic carbocycles. The molecule has 0 aliphatic heterocycles. The van der Waals surface area contributed by atoms with E-state index in [0.29, 0.717) is 11.6 Å². The second kappa shape index (κ2) is 6.55. The molecule has 112 valence electrons. The number of hydrazine groups is 1. The van der Waals surface area contributed by atoms with Crippen molar-refractivity contribution in [3.63, 3.8) is 0 Å². The Kier molecular flexibility index (Phi) is 5.27. The van der Waals surface area contributed by atoms with Crippen LogP contribution in [0.1, 0.15) is 64.7 Å². The molecule has 3 heteroatoms. The van der Waals surface area contributed by atoms with Gasteiger partial charge in [-0.15, -0.1) is 0 Å². The van der Waals surface area contributed by atoms with Crippen molar-refractivity contribution in [1.29, 1.82) is 0 Å². The topological polar surface area (TPSA) is 41.3 Å². The summed E-state index contributed by atoms with van der Waals surface area (Å²) in [6, 6.07) is 0.472. The highest BCUT2D eigenvalue weighted by Crippen LogP contribution is 2.43. The molecule has 0 saturated heterocycles. The van der Waals surface area contributed by atoms with E-state index in [4.69, 9.17) is 5.84 Å². The summed E-state index contributed by atoms with van der Waals surface area (Å²) >= 11 is 0. The minimum absolute atomic E-state index is 0.301. The SMILES string of the molecule is CCC1CCCC(C(NN)C2(N(C)C)CCCC2)C1. The zero-order valence-electron chi connectivity index (χ0n) is 13.1. The standard InChI is InChI=1S/C16H33N3/c1-4-13-8-7-9-14(12-13)15(18-17)16(19(2)3)10-5-6-11-16/h13-15,18H,4-12,17H2,1-3H3. The van der Waals surface area contributed by atoms with Gasteiger partial charge in [0.25, 0.3) is 0 Å². The van der Waals surface area contributed by atoms with E-state index in [-0.39, 0.29) is 0 Å². The summed E-state index contributed by atoms with van der Waals surface area (Å²) in [6.45, 7) is 2.34.